The lowest BCUT2D eigenvalue weighted by Crippen LogP contribution is -2.23. The van der Waals surface area contributed by atoms with Crippen LogP contribution in [0.15, 0.2) is 51.9 Å². The van der Waals surface area contributed by atoms with Crippen LogP contribution >= 0.6 is 11.3 Å². The summed E-state index contributed by atoms with van der Waals surface area (Å²) in [5, 5.41) is 4.23. The first-order chi connectivity index (χ1) is 11.8. The number of hydrogen-bond donors (Lipinski definition) is 0. The highest BCUT2D eigenvalue weighted by molar-refractivity contribution is 7.15. The fourth-order valence-electron chi connectivity index (χ4n) is 2.37. The van der Waals surface area contributed by atoms with Crippen molar-refractivity contribution in [2.75, 3.05) is 6.61 Å². The standard InChI is InChI=1S/C17H13N3O3S/c1-2-22-12-7-4-3-6-11(12)10-14-16(21)20-17(24-14)18-15(19-20)13-8-5-9-23-13/h3-10H,2H2,1H3. The lowest BCUT2D eigenvalue weighted by Gasteiger charge is -2.05. The van der Waals surface area contributed by atoms with Crippen molar-refractivity contribution >= 4 is 22.4 Å². The quantitative estimate of drug-likeness (QED) is 0.571. The number of ether oxygens (including phenoxy) is 1. The van der Waals surface area contributed by atoms with E-state index in [1.165, 1.54) is 15.9 Å². The van der Waals surface area contributed by atoms with Crippen molar-refractivity contribution in [3.05, 3.63) is 63.1 Å². The summed E-state index contributed by atoms with van der Waals surface area (Å²) in [7, 11) is 0. The van der Waals surface area contributed by atoms with Gasteiger partial charge in [-0.25, -0.2) is 0 Å². The molecule has 0 saturated heterocycles. The highest BCUT2D eigenvalue weighted by Crippen LogP contribution is 2.19. The third-order valence-electron chi connectivity index (χ3n) is 3.43. The molecule has 0 aliphatic heterocycles. The molecule has 0 atom stereocenters. The van der Waals surface area contributed by atoms with Crippen LogP contribution in [0.5, 0.6) is 5.75 Å². The first-order valence-electron chi connectivity index (χ1n) is 7.43. The number of para-hydroxylation sites is 1. The molecule has 0 spiro atoms. The molecular formula is C17H13N3O3S. The zero-order valence-corrected chi connectivity index (χ0v) is 13.6. The zero-order chi connectivity index (χ0) is 16.5. The van der Waals surface area contributed by atoms with Gasteiger partial charge in [0.25, 0.3) is 5.56 Å². The third kappa shape index (κ3) is 2.48. The molecule has 0 aliphatic rings. The van der Waals surface area contributed by atoms with Crippen molar-refractivity contribution in [1.82, 2.24) is 14.6 Å². The van der Waals surface area contributed by atoms with Gasteiger partial charge in [0, 0.05) is 5.56 Å². The Morgan fingerprint density at radius 2 is 2.17 bits per heavy atom. The van der Waals surface area contributed by atoms with Crippen LogP contribution in [0.3, 0.4) is 0 Å². The van der Waals surface area contributed by atoms with Crippen LogP contribution in [-0.2, 0) is 0 Å². The zero-order valence-electron chi connectivity index (χ0n) is 12.8. The number of furan rings is 1. The van der Waals surface area contributed by atoms with Gasteiger partial charge in [-0.2, -0.15) is 9.50 Å². The van der Waals surface area contributed by atoms with E-state index in [1.54, 1.807) is 24.5 Å². The van der Waals surface area contributed by atoms with E-state index in [9.17, 15) is 4.79 Å². The Hall–Kier alpha value is -2.93. The Labute approximate surface area is 140 Å². The maximum atomic E-state index is 12.6. The molecule has 24 heavy (non-hydrogen) atoms. The number of hydrogen-bond acceptors (Lipinski definition) is 6. The average Bonchev–Trinajstić information content (AvgIpc) is 3.29. The number of benzene rings is 1. The molecule has 0 radical (unpaired) electrons. The minimum absolute atomic E-state index is 0.202. The average molecular weight is 339 g/mol. The molecule has 4 rings (SSSR count). The lowest BCUT2D eigenvalue weighted by atomic mass is 10.2. The van der Waals surface area contributed by atoms with Crippen molar-refractivity contribution < 1.29 is 9.15 Å². The second kappa shape index (κ2) is 5.93. The fourth-order valence-corrected chi connectivity index (χ4v) is 3.27. The van der Waals surface area contributed by atoms with Crippen LogP contribution in [0, 0.1) is 0 Å². The summed E-state index contributed by atoms with van der Waals surface area (Å²) in [5.41, 5.74) is 0.652. The summed E-state index contributed by atoms with van der Waals surface area (Å²) in [6.45, 7) is 2.49. The summed E-state index contributed by atoms with van der Waals surface area (Å²) in [6.07, 6.45) is 3.35. The van der Waals surface area contributed by atoms with E-state index < -0.39 is 0 Å². The highest BCUT2D eigenvalue weighted by Gasteiger charge is 2.13. The van der Waals surface area contributed by atoms with Crippen LogP contribution < -0.4 is 14.8 Å². The predicted molar refractivity (Wildman–Crippen MR) is 91.2 cm³/mol. The molecular weight excluding hydrogens is 326 g/mol. The molecule has 0 saturated carbocycles. The number of rotatable bonds is 4. The summed E-state index contributed by atoms with van der Waals surface area (Å²) in [4.78, 5) is 17.4. The van der Waals surface area contributed by atoms with Gasteiger partial charge in [0.15, 0.2) is 5.76 Å². The van der Waals surface area contributed by atoms with Gasteiger partial charge in [0.1, 0.15) is 5.75 Å². The third-order valence-corrected chi connectivity index (χ3v) is 4.39. The Kier molecular flexibility index (Phi) is 3.62. The Bertz CT molecular complexity index is 1100. The number of fused-ring (bicyclic) bond motifs is 1. The number of aromatic nitrogens is 3. The minimum atomic E-state index is -0.202. The Morgan fingerprint density at radius 1 is 1.29 bits per heavy atom. The van der Waals surface area contributed by atoms with Gasteiger partial charge in [0.2, 0.25) is 10.8 Å². The lowest BCUT2D eigenvalue weighted by molar-refractivity contribution is 0.339. The van der Waals surface area contributed by atoms with Crippen LogP contribution in [-0.4, -0.2) is 21.2 Å². The van der Waals surface area contributed by atoms with E-state index in [4.69, 9.17) is 9.15 Å². The molecule has 120 valence electrons. The van der Waals surface area contributed by atoms with Gasteiger partial charge in [0.05, 0.1) is 17.4 Å². The van der Waals surface area contributed by atoms with Gasteiger partial charge < -0.3 is 9.15 Å². The highest BCUT2D eigenvalue weighted by atomic mass is 32.1. The maximum absolute atomic E-state index is 12.6. The second-order valence-electron chi connectivity index (χ2n) is 4.99. The van der Waals surface area contributed by atoms with E-state index in [1.807, 2.05) is 31.2 Å². The van der Waals surface area contributed by atoms with E-state index >= 15 is 0 Å². The van der Waals surface area contributed by atoms with Crippen LogP contribution in [0.1, 0.15) is 12.5 Å². The summed E-state index contributed by atoms with van der Waals surface area (Å²) in [5.74, 6) is 1.69. The van der Waals surface area contributed by atoms with Crippen LogP contribution in [0.2, 0.25) is 0 Å². The van der Waals surface area contributed by atoms with Crippen LogP contribution in [0.4, 0.5) is 0 Å². The van der Waals surface area contributed by atoms with Crippen molar-refractivity contribution in [1.29, 1.82) is 0 Å². The molecule has 0 aliphatic carbocycles. The largest absolute Gasteiger partial charge is 0.493 e. The topological polar surface area (TPSA) is 69.6 Å². The van der Waals surface area contributed by atoms with E-state index in [-0.39, 0.29) is 5.56 Å². The molecule has 0 amide bonds. The molecule has 4 aromatic rings. The SMILES string of the molecule is CCOc1ccccc1C=c1sc2nc(-c3ccco3)nn2c1=O. The molecule has 7 heteroatoms. The molecule has 3 aromatic heterocycles. The van der Waals surface area contributed by atoms with Crippen molar-refractivity contribution in [2.24, 2.45) is 0 Å². The smallest absolute Gasteiger partial charge is 0.291 e. The van der Waals surface area contributed by atoms with E-state index in [0.29, 0.717) is 27.7 Å². The minimum Gasteiger partial charge on any atom is -0.493 e. The van der Waals surface area contributed by atoms with Crippen molar-refractivity contribution in [3.8, 4) is 17.3 Å². The van der Waals surface area contributed by atoms with E-state index in [2.05, 4.69) is 10.1 Å². The Balaban J connectivity index is 1.82. The maximum Gasteiger partial charge on any atom is 0.291 e. The van der Waals surface area contributed by atoms with Crippen molar-refractivity contribution in [3.63, 3.8) is 0 Å². The Morgan fingerprint density at radius 3 is 2.92 bits per heavy atom. The molecule has 0 bridgehead atoms. The van der Waals surface area contributed by atoms with E-state index in [0.717, 1.165) is 11.3 Å². The molecule has 3 heterocycles. The first-order valence-corrected chi connectivity index (χ1v) is 8.25. The van der Waals surface area contributed by atoms with Gasteiger partial charge in [-0.15, -0.1) is 5.10 Å². The van der Waals surface area contributed by atoms with Gasteiger partial charge in [-0.05, 0) is 31.2 Å². The summed E-state index contributed by atoms with van der Waals surface area (Å²) < 4.78 is 12.7. The molecule has 0 N–H and O–H groups in total. The molecule has 0 unspecified atom stereocenters. The predicted octanol–water partition coefficient (Wildman–Crippen LogP) is 2.36. The number of nitrogens with zero attached hydrogens (tertiary/aromatic N) is 3. The first kappa shape index (κ1) is 14.6. The second-order valence-corrected chi connectivity index (χ2v) is 6.00. The summed E-state index contributed by atoms with van der Waals surface area (Å²) in [6, 6.07) is 11.1. The van der Waals surface area contributed by atoms with Gasteiger partial charge in [-0.1, -0.05) is 29.5 Å². The van der Waals surface area contributed by atoms with Gasteiger partial charge in [-0.3, -0.25) is 4.79 Å². The van der Waals surface area contributed by atoms with Crippen molar-refractivity contribution in [2.45, 2.75) is 6.92 Å². The van der Waals surface area contributed by atoms with Gasteiger partial charge >= 0.3 is 0 Å². The molecule has 0 fully saturated rings. The monoisotopic (exact) mass is 339 g/mol. The normalized spacial score (nSPS) is 12.1. The number of thiazole rings is 1. The summed E-state index contributed by atoms with van der Waals surface area (Å²) >= 11 is 1.29. The van der Waals surface area contributed by atoms with Crippen LogP contribution in [0.25, 0.3) is 22.6 Å². The molecule has 6 nitrogen and oxygen atoms in total. The fraction of sp³-hybridized carbons (Fsp3) is 0.118. The molecule has 1 aromatic carbocycles.